The van der Waals surface area contributed by atoms with Crippen molar-refractivity contribution in [3.63, 3.8) is 0 Å². The van der Waals surface area contributed by atoms with Gasteiger partial charge in [-0.3, -0.25) is 0 Å². The number of aliphatic hydroxyl groups excluding tert-OH is 1. The molecule has 0 radical (unpaired) electrons. The summed E-state index contributed by atoms with van der Waals surface area (Å²) in [6.45, 7) is -0.0381. The first-order chi connectivity index (χ1) is 13.4. The molecular formula is C20H21F3N4O. The van der Waals surface area contributed by atoms with E-state index in [0.717, 1.165) is 18.9 Å². The van der Waals surface area contributed by atoms with Crippen molar-refractivity contribution in [1.82, 2.24) is 4.98 Å². The van der Waals surface area contributed by atoms with Crippen LogP contribution in [0.5, 0.6) is 0 Å². The van der Waals surface area contributed by atoms with Gasteiger partial charge in [-0.2, -0.15) is 18.4 Å². The molecule has 0 atom stereocenters. The molecule has 0 spiro atoms. The molecule has 5 nitrogen and oxygen atoms in total. The summed E-state index contributed by atoms with van der Waals surface area (Å²) in [6, 6.07) is 9.23. The van der Waals surface area contributed by atoms with E-state index in [-0.39, 0.29) is 24.3 Å². The molecule has 0 unspecified atom stereocenters. The summed E-state index contributed by atoms with van der Waals surface area (Å²) in [5.41, 5.74) is 0.394. The molecule has 0 bridgehead atoms. The molecule has 3 rings (SSSR count). The Morgan fingerprint density at radius 1 is 1.18 bits per heavy atom. The number of anilines is 2. The molecule has 28 heavy (non-hydrogen) atoms. The first-order valence-electron chi connectivity index (χ1n) is 9.10. The second-order valence-electron chi connectivity index (χ2n) is 6.89. The van der Waals surface area contributed by atoms with Gasteiger partial charge in [0.05, 0.1) is 22.9 Å². The lowest BCUT2D eigenvalue weighted by molar-refractivity contribution is -0.138. The van der Waals surface area contributed by atoms with Crippen molar-refractivity contribution in [3.8, 4) is 6.07 Å². The number of aromatic nitrogens is 1. The van der Waals surface area contributed by atoms with Crippen LogP contribution < -0.4 is 10.6 Å². The lowest BCUT2D eigenvalue weighted by atomic mass is 9.93. The molecule has 1 saturated carbocycles. The minimum Gasteiger partial charge on any atom is -0.393 e. The predicted molar refractivity (Wildman–Crippen MR) is 99.6 cm³/mol. The van der Waals surface area contributed by atoms with Crippen LogP contribution in [0.4, 0.5) is 24.7 Å². The summed E-state index contributed by atoms with van der Waals surface area (Å²) < 4.78 is 39.4. The van der Waals surface area contributed by atoms with Crippen LogP contribution in [-0.4, -0.2) is 22.2 Å². The molecular weight excluding hydrogens is 369 g/mol. The second kappa shape index (κ2) is 8.48. The number of hydrogen-bond donors (Lipinski definition) is 3. The third kappa shape index (κ3) is 4.93. The average Bonchev–Trinajstić information content (AvgIpc) is 2.68. The molecule has 3 N–H and O–H groups in total. The van der Waals surface area contributed by atoms with Crippen molar-refractivity contribution < 1.29 is 18.3 Å². The van der Waals surface area contributed by atoms with Gasteiger partial charge in [-0.1, -0.05) is 18.2 Å². The highest BCUT2D eigenvalue weighted by Gasteiger charge is 2.32. The Morgan fingerprint density at radius 3 is 2.57 bits per heavy atom. The minimum absolute atomic E-state index is 0.0381. The molecule has 1 fully saturated rings. The normalized spacial score (nSPS) is 19.7. The Labute approximate surface area is 161 Å². The summed E-state index contributed by atoms with van der Waals surface area (Å²) in [6.07, 6.45) is -0.330. The fourth-order valence-corrected chi connectivity index (χ4v) is 3.34. The highest BCUT2D eigenvalue weighted by Crippen LogP contribution is 2.32. The van der Waals surface area contributed by atoms with Gasteiger partial charge in [0, 0.05) is 24.8 Å². The number of hydrogen-bond acceptors (Lipinski definition) is 5. The van der Waals surface area contributed by atoms with E-state index in [1.54, 1.807) is 12.1 Å². The molecule has 8 heteroatoms. The van der Waals surface area contributed by atoms with Gasteiger partial charge < -0.3 is 15.7 Å². The van der Waals surface area contributed by atoms with E-state index in [1.807, 2.05) is 0 Å². The van der Waals surface area contributed by atoms with Gasteiger partial charge in [0.15, 0.2) is 0 Å². The number of nitrogens with one attached hydrogen (secondary N) is 2. The number of alkyl halides is 3. The van der Waals surface area contributed by atoms with E-state index < -0.39 is 11.7 Å². The molecule has 1 aromatic heterocycles. The molecule has 1 heterocycles. The third-order valence-corrected chi connectivity index (χ3v) is 4.86. The first-order valence-corrected chi connectivity index (χ1v) is 9.10. The van der Waals surface area contributed by atoms with Gasteiger partial charge in [-0.05, 0) is 37.3 Å². The fourth-order valence-electron chi connectivity index (χ4n) is 3.34. The zero-order chi connectivity index (χ0) is 20.1. The van der Waals surface area contributed by atoms with E-state index in [9.17, 15) is 23.5 Å². The highest BCUT2D eigenvalue weighted by molar-refractivity contribution is 5.62. The number of nitriles is 1. The van der Waals surface area contributed by atoms with Crippen molar-refractivity contribution in [2.75, 3.05) is 10.6 Å². The molecule has 1 aliphatic rings. The van der Waals surface area contributed by atoms with Crippen LogP contribution in [0.3, 0.4) is 0 Å². The number of halogens is 3. The lowest BCUT2D eigenvalue weighted by Crippen LogP contribution is -2.28. The maximum atomic E-state index is 13.1. The van der Waals surface area contributed by atoms with E-state index in [1.165, 1.54) is 18.3 Å². The Bertz CT molecular complexity index is 855. The van der Waals surface area contributed by atoms with E-state index in [0.29, 0.717) is 29.9 Å². The van der Waals surface area contributed by atoms with Crippen molar-refractivity contribution in [2.24, 2.45) is 0 Å². The number of benzene rings is 1. The van der Waals surface area contributed by atoms with Gasteiger partial charge in [-0.25, -0.2) is 4.98 Å². The average molecular weight is 390 g/mol. The number of nitrogens with zero attached hydrogens (tertiary/aromatic N) is 2. The van der Waals surface area contributed by atoms with E-state index in [2.05, 4.69) is 21.7 Å². The summed E-state index contributed by atoms with van der Waals surface area (Å²) in [5.74, 6) is 0.384. The molecule has 1 aliphatic carbocycles. The smallest absolute Gasteiger partial charge is 0.393 e. The number of rotatable bonds is 5. The van der Waals surface area contributed by atoms with Crippen LogP contribution in [-0.2, 0) is 12.7 Å². The zero-order valence-electron chi connectivity index (χ0n) is 15.1. The molecule has 0 amide bonds. The van der Waals surface area contributed by atoms with Gasteiger partial charge in [0.1, 0.15) is 11.9 Å². The number of pyridine rings is 1. The zero-order valence-corrected chi connectivity index (χ0v) is 15.1. The predicted octanol–water partition coefficient (Wildman–Crippen LogP) is 4.30. The fraction of sp³-hybridized carbons (Fsp3) is 0.400. The van der Waals surface area contributed by atoms with E-state index in [4.69, 9.17) is 0 Å². The summed E-state index contributed by atoms with van der Waals surface area (Å²) in [4.78, 5) is 4.13. The van der Waals surface area contributed by atoms with Crippen molar-refractivity contribution in [2.45, 2.75) is 50.6 Å². The molecule has 0 saturated heterocycles. The van der Waals surface area contributed by atoms with Gasteiger partial charge in [0.2, 0.25) is 0 Å². The minimum atomic E-state index is -4.42. The summed E-state index contributed by atoms with van der Waals surface area (Å²) >= 11 is 0. The van der Waals surface area contributed by atoms with Crippen LogP contribution in [0, 0.1) is 11.3 Å². The maximum absolute atomic E-state index is 13.1. The Morgan fingerprint density at radius 2 is 1.89 bits per heavy atom. The van der Waals surface area contributed by atoms with Crippen LogP contribution in [0.25, 0.3) is 0 Å². The molecule has 148 valence electrons. The summed E-state index contributed by atoms with van der Waals surface area (Å²) in [5, 5.41) is 25.1. The first kappa shape index (κ1) is 20.0. The van der Waals surface area contributed by atoms with Crippen molar-refractivity contribution in [3.05, 3.63) is 53.2 Å². The van der Waals surface area contributed by atoms with E-state index >= 15 is 0 Å². The Kier molecular flexibility index (Phi) is 6.05. The van der Waals surface area contributed by atoms with Crippen LogP contribution in [0.15, 0.2) is 36.5 Å². The SMILES string of the molecule is N#Cc1cnc(NCc2ccccc2C(F)(F)F)cc1NC1CCC(O)CC1. The quantitative estimate of drug-likeness (QED) is 0.709. The van der Waals surface area contributed by atoms with Crippen LogP contribution >= 0.6 is 0 Å². The lowest BCUT2D eigenvalue weighted by Gasteiger charge is -2.27. The Hall–Kier alpha value is -2.79. The number of aliphatic hydroxyl groups is 1. The maximum Gasteiger partial charge on any atom is 0.416 e. The largest absolute Gasteiger partial charge is 0.416 e. The molecule has 1 aromatic carbocycles. The second-order valence-corrected chi connectivity index (χ2v) is 6.89. The van der Waals surface area contributed by atoms with Gasteiger partial charge in [-0.15, -0.1) is 0 Å². The topological polar surface area (TPSA) is 81.0 Å². The monoisotopic (exact) mass is 390 g/mol. The third-order valence-electron chi connectivity index (χ3n) is 4.86. The van der Waals surface area contributed by atoms with Crippen molar-refractivity contribution >= 4 is 11.5 Å². The standard InChI is InChI=1S/C20H21F3N4O/c21-20(22,23)17-4-2-1-3-13(17)11-25-19-9-18(14(10-24)12-26-19)27-15-5-7-16(28)8-6-15/h1-4,9,12,15-16,28H,5-8,11H2,(H2,25,26,27). The highest BCUT2D eigenvalue weighted by atomic mass is 19.4. The Balaban J connectivity index is 1.73. The van der Waals surface area contributed by atoms with Crippen molar-refractivity contribution in [1.29, 1.82) is 5.26 Å². The van der Waals surface area contributed by atoms with Gasteiger partial charge >= 0.3 is 6.18 Å². The summed E-state index contributed by atoms with van der Waals surface area (Å²) in [7, 11) is 0. The molecule has 0 aliphatic heterocycles. The van der Waals surface area contributed by atoms with Crippen LogP contribution in [0.2, 0.25) is 0 Å². The van der Waals surface area contributed by atoms with Crippen LogP contribution in [0.1, 0.15) is 42.4 Å². The van der Waals surface area contributed by atoms with Gasteiger partial charge in [0.25, 0.3) is 0 Å². The molecule has 2 aromatic rings.